The van der Waals surface area contributed by atoms with Crippen molar-refractivity contribution in [2.75, 3.05) is 11.5 Å². The zero-order valence-corrected chi connectivity index (χ0v) is 12.5. The van der Waals surface area contributed by atoms with E-state index in [1.165, 1.54) is 0 Å². The largest absolute Gasteiger partial charge is 0.271 e. The van der Waals surface area contributed by atoms with Crippen LogP contribution in [0.4, 0.5) is 0 Å². The topological polar surface area (TPSA) is 90.0 Å². The van der Waals surface area contributed by atoms with Gasteiger partial charge in [0.05, 0.1) is 33.9 Å². The fourth-order valence-electron chi connectivity index (χ4n) is 2.46. The molecule has 2 rings (SSSR count). The van der Waals surface area contributed by atoms with Crippen molar-refractivity contribution in [3.63, 3.8) is 0 Å². The quantitative estimate of drug-likeness (QED) is 0.617. The molecular formula is C10H17BrN4O2S. The van der Waals surface area contributed by atoms with Gasteiger partial charge in [-0.3, -0.25) is 16.0 Å². The number of sulfone groups is 1. The van der Waals surface area contributed by atoms with Crippen molar-refractivity contribution >= 4 is 25.8 Å². The van der Waals surface area contributed by atoms with Crippen LogP contribution in [0.2, 0.25) is 0 Å². The van der Waals surface area contributed by atoms with E-state index in [1.807, 2.05) is 7.05 Å². The fourth-order valence-corrected chi connectivity index (χ4v) is 4.97. The lowest BCUT2D eigenvalue weighted by molar-refractivity contribution is 0.402. The SMILES string of the molecule is Cn1ncc(Br)c1C(CC1CCS(=O)(=O)C1)NN. The van der Waals surface area contributed by atoms with Gasteiger partial charge in [-0.05, 0) is 34.7 Å². The molecule has 1 aliphatic rings. The molecule has 0 aromatic carbocycles. The van der Waals surface area contributed by atoms with E-state index < -0.39 is 9.84 Å². The Balaban J connectivity index is 2.12. The third-order valence-corrected chi connectivity index (χ3v) is 5.81. The second kappa shape index (κ2) is 5.28. The molecule has 2 atom stereocenters. The highest BCUT2D eigenvalue weighted by molar-refractivity contribution is 9.10. The minimum absolute atomic E-state index is 0.0924. The number of aromatic nitrogens is 2. The van der Waals surface area contributed by atoms with Gasteiger partial charge in [0.15, 0.2) is 9.84 Å². The molecule has 2 heterocycles. The molecule has 3 N–H and O–H groups in total. The number of hydrogen-bond acceptors (Lipinski definition) is 5. The number of nitrogens with one attached hydrogen (secondary N) is 1. The van der Waals surface area contributed by atoms with E-state index in [0.29, 0.717) is 12.2 Å². The highest BCUT2D eigenvalue weighted by Crippen LogP contribution is 2.31. The maximum Gasteiger partial charge on any atom is 0.150 e. The van der Waals surface area contributed by atoms with E-state index in [4.69, 9.17) is 5.84 Å². The summed E-state index contributed by atoms with van der Waals surface area (Å²) in [6.45, 7) is 0. The fraction of sp³-hybridized carbons (Fsp3) is 0.700. The first-order chi connectivity index (χ1) is 8.43. The Kier molecular flexibility index (Phi) is 4.10. The van der Waals surface area contributed by atoms with Gasteiger partial charge in [-0.25, -0.2) is 8.42 Å². The molecule has 1 aliphatic heterocycles. The maximum atomic E-state index is 11.5. The molecule has 1 aromatic heterocycles. The van der Waals surface area contributed by atoms with Crippen LogP contribution in [0.15, 0.2) is 10.7 Å². The van der Waals surface area contributed by atoms with Crippen molar-refractivity contribution in [2.24, 2.45) is 18.8 Å². The molecule has 1 saturated heterocycles. The predicted octanol–water partition coefficient (Wildman–Crippen LogP) is 0.512. The lowest BCUT2D eigenvalue weighted by Gasteiger charge is -2.20. The van der Waals surface area contributed by atoms with E-state index in [9.17, 15) is 8.42 Å². The summed E-state index contributed by atoms with van der Waals surface area (Å²) in [6.07, 6.45) is 3.13. The van der Waals surface area contributed by atoms with E-state index in [1.54, 1.807) is 10.9 Å². The van der Waals surface area contributed by atoms with Gasteiger partial charge in [0.1, 0.15) is 0 Å². The van der Waals surface area contributed by atoms with Crippen LogP contribution >= 0.6 is 15.9 Å². The number of nitrogens with two attached hydrogens (primary N) is 1. The van der Waals surface area contributed by atoms with Crippen LogP contribution in [0.3, 0.4) is 0 Å². The molecule has 6 nitrogen and oxygen atoms in total. The Morgan fingerprint density at radius 1 is 1.72 bits per heavy atom. The van der Waals surface area contributed by atoms with Crippen LogP contribution in [0.1, 0.15) is 24.6 Å². The Hall–Kier alpha value is -0.440. The third-order valence-electron chi connectivity index (χ3n) is 3.36. The van der Waals surface area contributed by atoms with Crippen molar-refractivity contribution in [1.29, 1.82) is 0 Å². The van der Waals surface area contributed by atoms with Crippen LogP contribution in [-0.4, -0.2) is 29.7 Å². The van der Waals surface area contributed by atoms with Crippen LogP contribution in [0.25, 0.3) is 0 Å². The average Bonchev–Trinajstić information content (AvgIpc) is 2.80. The highest BCUT2D eigenvalue weighted by atomic mass is 79.9. The number of rotatable bonds is 4. The normalized spacial score (nSPS) is 24.3. The standard InChI is InChI=1S/C10H17BrN4O2S/c1-15-10(8(11)5-13-15)9(14-12)4-7-2-3-18(16,17)6-7/h5,7,9,14H,2-4,6,12H2,1H3. The minimum Gasteiger partial charge on any atom is -0.271 e. The van der Waals surface area contributed by atoms with E-state index in [-0.39, 0.29) is 17.7 Å². The van der Waals surface area contributed by atoms with E-state index in [2.05, 4.69) is 26.5 Å². The monoisotopic (exact) mass is 336 g/mol. The summed E-state index contributed by atoms with van der Waals surface area (Å²) in [4.78, 5) is 0. The Labute approximate surface area is 115 Å². The summed E-state index contributed by atoms with van der Waals surface area (Å²) in [7, 11) is -0.998. The first-order valence-corrected chi connectivity index (χ1v) is 8.38. The van der Waals surface area contributed by atoms with Gasteiger partial charge < -0.3 is 0 Å². The first-order valence-electron chi connectivity index (χ1n) is 5.77. The highest BCUT2D eigenvalue weighted by Gasteiger charge is 2.31. The molecule has 0 amide bonds. The second-order valence-electron chi connectivity index (χ2n) is 4.73. The van der Waals surface area contributed by atoms with Crippen molar-refractivity contribution < 1.29 is 8.42 Å². The molecule has 18 heavy (non-hydrogen) atoms. The van der Waals surface area contributed by atoms with Gasteiger partial charge >= 0.3 is 0 Å². The van der Waals surface area contributed by atoms with E-state index >= 15 is 0 Å². The smallest absolute Gasteiger partial charge is 0.150 e. The Bertz CT molecular complexity index is 508. The molecular weight excluding hydrogens is 320 g/mol. The van der Waals surface area contributed by atoms with Gasteiger partial charge in [-0.1, -0.05) is 0 Å². The van der Waals surface area contributed by atoms with Crippen LogP contribution in [0.5, 0.6) is 0 Å². The molecule has 0 saturated carbocycles. The number of aryl methyl sites for hydroxylation is 1. The molecule has 0 spiro atoms. The Morgan fingerprint density at radius 2 is 2.44 bits per heavy atom. The molecule has 8 heteroatoms. The lowest BCUT2D eigenvalue weighted by atomic mass is 9.98. The minimum atomic E-state index is -2.84. The molecule has 2 unspecified atom stereocenters. The first kappa shape index (κ1) is 14.0. The number of nitrogens with zero attached hydrogens (tertiary/aromatic N) is 2. The number of hydrogen-bond donors (Lipinski definition) is 2. The van der Waals surface area contributed by atoms with Gasteiger partial charge in [0.25, 0.3) is 0 Å². The summed E-state index contributed by atoms with van der Waals surface area (Å²) in [6, 6.07) is -0.0924. The van der Waals surface area contributed by atoms with Crippen LogP contribution in [0, 0.1) is 5.92 Å². The van der Waals surface area contributed by atoms with Gasteiger partial charge in [-0.15, -0.1) is 0 Å². The van der Waals surface area contributed by atoms with Crippen LogP contribution in [-0.2, 0) is 16.9 Å². The molecule has 102 valence electrons. The molecule has 0 radical (unpaired) electrons. The summed E-state index contributed by atoms with van der Waals surface area (Å²) in [5, 5.41) is 4.14. The molecule has 0 aliphatic carbocycles. The number of halogens is 1. The van der Waals surface area contributed by atoms with Crippen LogP contribution < -0.4 is 11.3 Å². The maximum absolute atomic E-state index is 11.5. The second-order valence-corrected chi connectivity index (χ2v) is 7.81. The van der Waals surface area contributed by atoms with Gasteiger partial charge in [0.2, 0.25) is 0 Å². The lowest BCUT2D eigenvalue weighted by Crippen LogP contribution is -2.31. The summed E-state index contributed by atoms with van der Waals surface area (Å²) < 4.78 is 25.5. The van der Waals surface area contributed by atoms with Crippen molar-refractivity contribution in [1.82, 2.24) is 15.2 Å². The van der Waals surface area contributed by atoms with Gasteiger partial charge in [0, 0.05) is 7.05 Å². The van der Waals surface area contributed by atoms with Crippen molar-refractivity contribution in [3.8, 4) is 0 Å². The van der Waals surface area contributed by atoms with E-state index in [0.717, 1.165) is 16.6 Å². The predicted molar refractivity (Wildman–Crippen MR) is 72.3 cm³/mol. The average molecular weight is 337 g/mol. The summed E-state index contributed by atoms with van der Waals surface area (Å²) >= 11 is 3.43. The third kappa shape index (κ3) is 2.93. The molecule has 1 fully saturated rings. The van der Waals surface area contributed by atoms with Gasteiger partial charge in [-0.2, -0.15) is 5.10 Å². The summed E-state index contributed by atoms with van der Waals surface area (Å²) in [5.41, 5.74) is 3.70. The zero-order valence-electron chi connectivity index (χ0n) is 10.1. The number of hydrazine groups is 1. The van der Waals surface area contributed by atoms with Crippen molar-refractivity contribution in [3.05, 3.63) is 16.4 Å². The zero-order chi connectivity index (χ0) is 13.3. The summed E-state index contributed by atoms with van der Waals surface area (Å²) in [5.74, 6) is 6.31. The van der Waals surface area contributed by atoms with Crippen molar-refractivity contribution in [2.45, 2.75) is 18.9 Å². The molecule has 1 aromatic rings. The Morgan fingerprint density at radius 3 is 2.89 bits per heavy atom. The molecule has 0 bridgehead atoms.